The number of benzene rings is 1. The van der Waals surface area contributed by atoms with E-state index in [-0.39, 0.29) is 0 Å². The molecule has 1 unspecified atom stereocenters. The number of ether oxygens (including phenoxy) is 1. The molecule has 8 nitrogen and oxygen atoms in total. The molecule has 0 radical (unpaired) electrons. The van der Waals surface area contributed by atoms with Crippen molar-refractivity contribution in [2.75, 3.05) is 0 Å². The quantitative estimate of drug-likeness (QED) is 0.656. The summed E-state index contributed by atoms with van der Waals surface area (Å²) in [6.45, 7) is 5.26. The SMILES string of the molecule is CC(C)(C)OC(=O)NC(C=CC(=O)On1c(O)ccc1O)Cc1ccccc1. The molecule has 0 saturated heterocycles. The standard InChI is InChI=1S/C20H24N2O6/c1-20(2,3)27-19(26)21-15(13-14-7-5-4-6-8-14)9-12-18(25)28-22-16(23)10-11-17(22)24/h4-12,15,23-24H,13H2,1-3H3,(H,21,26). The van der Waals surface area contributed by atoms with E-state index < -0.39 is 35.5 Å². The Bertz CT molecular complexity index is 817. The average Bonchev–Trinajstić information content (AvgIpc) is 2.91. The number of aromatic nitrogens is 1. The Labute approximate surface area is 163 Å². The fourth-order valence-electron chi connectivity index (χ4n) is 2.30. The third kappa shape index (κ3) is 6.71. The predicted octanol–water partition coefficient (Wildman–Crippen LogP) is 2.55. The van der Waals surface area contributed by atoms with E-state index >= 15 is 0 Å². The maximum Gasteiger partial charge on any atom is 0.408 e. The highest BCUT2D eigenvalue weighted by Gasteiger charge is 2.19. The van der Waals surface area contributed by atoms with Gasteiger partial charge in [-0.25, -0.2) is 9.59 Å². The van der Waals surface area contributed by atoms with Crippen LogP contribution in [0.3, 0.4) is 0 Å². The van der Waals surface area contributed by atoms with Gasteiger partial charge in [0.25, 0.3) is 0 Å². The summed E-state index contributed by atoms with van der Waals surface area (Å²) < 4.78 is 5.84. The smallest absolute Gasteiger partial charge is 0.408 e. The number of alkyl carbamates (subject to hydrolysis) is 1. The first-order valence-electron chi connectivity index (χ1n) is 8.67. The van der Waals surface area contributed by atoms with Gasteiger partial charge in [-0.2, -0.15) is 0 Å². The summed E-state index contributed by atoms with van der Waals surface area (Å²) in [6, 6.07) is 11.2. The van der Waals surface area contributed by atoms with Gasteiger partial charge in [-0.15, -0.1) is 4.73 Å². The van der Waals surface area contributed by atoms with Crippen molar-refractivity contribution in [1.29, 1.82) is 0 Å². The number of hydrogen-bond acceptors (Lipinski definition) is 6. The van der Waals surface area contributed by atoms with Crippen molar-refractivity contribution in [2.24, 2.45) is 0 Å². The molecule has 8 heteroatoms. The van der Waals surface area contributed by atoms with Gasteiger partial charge in [-0.3, -0.25) is 0 Å². The van der Waals surface area contributed by atoms with Gasteiger partial charge in [-0.05, 0) is 32.8 Å². The van der Waals surface area contributed by atoms with Crippen LogP contribution in [-0.4, -0.2) is 38.6 Å². The number of hydrogen-bond donors (Lipinski definition) is 3. The molecule has 3 N–H and O–H groups in total. The summed E-state index contributed by atoms with van der Waals surface area (Å²) in [4.78, 5) is 28.9. The molecule has 0 aliphatic carbocycles. The number of nitrogens with one attached hydrogen (secondary N) is 1. The van der Waals surface area contributed by atoms with E-state index in [1.807, 2.05) is 30.3 Å². The Morgan fingerprint density at radius 2 is 1.71 bits per heavy atom. The third-order valence-corrected chi connectivity index (χ3v) is 3.44. The molecule has 0 spiro atoms. The fourth-order valence-corrected chi connectivity index (χ4v) is 2.30. The van der Waals surface area contributed by atoms with Crippen LogP contribution in [0.5, 0.6) is 11.8 Å². The zero-order chi connectivity index (χ0) is 20.7. The number of amides is 1. The highest BCUT2D eigenvalue weighted by molar-refractivity contribution is 5.82. The number of carbonyl (C=O) groups is 2. The summed E-state index contributed by atoms with van der Waals surface area (Å²) in [5, 5.41) is 21.7. The molecule has 2 rings (SSSR count). The molecule has 150 valence electrons. The summed E-state index contributed by atoms with van der Waals surface area (Å²) in [7, 11) is 0. The molecular formula is C20H24N2O6. The molecule has 0 aliphatic rings. The van der Waals surface area contributed by atoms with E-state index in [2.05, 4.69) is 5.32 Å². The highest BCUT2D eigenvalue weighted by Crippen LogP contribution is 2.18. The average molecular weight is 388 g/mol. The Hall–Kier alpha value is -3.42. The number of carbonyl (C=O) groups excluding carboxylic acids is 2. The molecule has 1 aromatic heterocycles. The molecule has 28 heavy (non-hydrogen) atoms. The molecule has 0 fully saturated rings. The van der Waals surface area contributed by atoms with Crippen LogP contribution in [0.15, 0.2) is 54.6 Å². The monoisotopic (exact) mass is 388 g/mol. The molecule has 1 atom stereocenters. The van der Waals surface area contributed by atoms with Crippen molar-refractivity contribution in [1.82, 2.24) is 10.0 Å². The van der Waals surface area contributed by atoms with Crippen LogP contribution < -0.4 is 10.2 Å². The zero-order valence-corrected chi connectivity index (χ0v) is 16.0. The lowest BCUT2D eigenvalue weighted by Crippen LogP contribution is -2.39. The Morgan fingerprint density at radius 1 is 1.11 bits per heavy atom. The Morgan fingerprint density at radius 3 is 2.29 bits per heavy atom. The van der Waals surface area contributed by atoms with Crippen LogP contribution in [-0.2, 0) is 16.0 Å². The van der Waals surface area contributed by atoms with Crippen molar-refractivity contribution >= 4 is 12.1 Å². The summed E-state index contributed by atoms with van der Waals surface area (Å²) in [6.07, 6.45) is 2.36. The number of nitrogens with zero attached hydrogens (tertiary/aromatic N) is 1. The second-order valence-electron chi connectivity index (χ2n) is 7.06. The van der Waals surface area contributed by atoms with Gasteiger partial charge >= 0.3 is 12.1 Å². The van der Waals surface area contributed by atoms with E-state index in [0.717, 1.165) is 11.6 Å². The van der Waals surface area contributed by atoms with Crippen LogP contribution in [0.4, 0.5) is 4.79 Å². The zero-order valence-electron chi connectivity index (χ0n) is 16.0. The lowest BCUT2D eigenvalue weighted by molar-refractivity contribution is -0.139. The van der Waals surface area contributed by atoms with Gasteiger partial charge in [0, 0.05) is 18.2 Å². The maximum atomic E-state index is 12.1. The molecule has 1 aromatic carbocycles. The Kier molecular flexibility index (Phi) is 6.70. The second kappa shape index (κ2) is 8.98. The van der Waals surface area contributed by atoms with E-state index in [4.69, 9.17) is 9.57 Å². The lowest BCUT2D eigenvalue weighted by atomic mass is 10.1. The van der Waals surface area contributed by atoms with Gasteiger partial charge in [-0.1, -0.05) is 36.4 Å². The normalized spacial score (nSPS) is 12.5. The topological polar surface area (TPSA) is 110 Å². The molecule has 1 heterocycles. The van der Waals surface area contributed by atoms with Crippen LogP contribution in [0.2, 0.25) is 0 Å². The van der Waals surface area contributed by atoms with Crippen LogP contribution >= 0.6 is 0 Å². The van der Waals surface area contributed by atoms with Gasteiger partial charge in [0.05, 0.1) is 6.04 Å². The third-order valence-electron chi connectivity index (χ3n) is 3.44. The van der Waals surface area contributed by atoms with Crippen LogP contribution in [0.25, 0.3) is 0 Å². The molecule has 1 amide bonds. The van der Waals surface area contributed by atoms with Crippen LogP contribution in [0, 0.1) is 0 Å². The fraction of sp³-hybridized carbons (Fsp3) is 0.300. The van der Waals surface area contributed by atoms with Gasteiger partial charge in [0.2, 0.25) is 11.8 Å². The first-order chi connectivity index (χ1) is 13.1. The van der Waals surface area contributed by atoms with Crippen molar-refractivity contribution < 1.29 is 29.4 Å². The summed E-state index contributed by atoms with van der Waals surface area (Å²) in [5.41, 5.74) is 0.287. The minimum Gasteiger partial charge on any atom is -0.492 e. The summed E-state index contributed by atoms with van der Waals surface area (Å²) >= 11 is 0. The van der Waals surface area contributed by atoms with E-state index in [9.17, 15) is 19.8 Å². The number of rotatable bonds is 6. The summed E-state index contributed by atoms with van der Waals surface area (Å²) in [5.74, 6) is -1.69. The van der Waals surface area contributed by atoms with Gasteiger partial charge in [0.15, 0.2) is 0 Å². The van der Waals surface area contributed by atoms with Crippen LogP contribution in [0.1, 0.15) is 26.3 Å². The molecule has 2 aromatic rings. The molecule has 0 aliphatic heterocycles. The van der Waals surface area contributed by atoms with Crippen molar-refractivity contribution in [2.45, 2.75) is 38.8 Å². The minimum absolute atomic E-state index is 0.421. The van der Waals surface area contributed by atoms with Crippen molar-refractivity contribution in [3.8, 4) is 11.8 Å². The van der Waals surface area contributed by atoms with E-state index in [1.54, 1.807) is 20.8 Å². The minimum atomic E-state index is -0.842. The second-order valence-corrected chi connectivity index (χ2v) is 7.06. The Balaban J connectivity index is 2.08. The lowest BCUT2D eigenvalue weighted by Gasteiger charge is -2.22. The molecular weight excluding hydrogens is 364 g/mol. The molecule has 0 bridgehead atoms. The van der Waals surface area contributed by atoms with E-state index in [0.29, 0.717) is 11.2 Å². The van der Waals surface area contributed by atoms with Crippen molar-refractivity contribution in [3.05, 3.63) is 60.2 Å². The van der Waals surface area contributed by atoms with Gasteiger partial charge in [0.1, 0.15) is 5.60 Å². The predicted molar refractivity (Wildman–Crippen MR) is 102 cm³/mol. The largest absolute Gasteiger partial charge is 0.492 e. The van der Waals surface area contributed by atoms with Crippen molar-refractivity contribution in [3.63, 3.8) is 0 Å². The van der Waals surface area contributed by atoms with Gasteiger partial charge < -0.3 is 25.1 Å². The molecule has 0 saturated carbocycles. The first-order valence-corrected chi connectivity index (χ1v) is 8.67. The number of aromatic hydroxyl groups is 2. The first kappa shape index (κ1) is 20.9. The van der Waals surface area contributed by atoms with E-state index in [1.165, 1.54) is 18.2 Å². The maximum absolute atomic E-state index is 12.1. The highest BCUT2D eigenvalue weighted by atomic mass is 16.7.